The molecule has 5 heteroatoms. The number of amides is 1. The van der Waals surface area contributed by atoms with E-state index in [-0.39, 0.29) is 31.0 Å². The molecule has 1 fully saturated rings. The molecular weight excluding hydrogens is 285 g/mol. The van der Waals surface area contributed by atoms with Crippen LogP contribution < -0.4 is 4.74 Å². The molecule has 1 saturated heterocycles. The van der Waals surface area contributed by atoms with Gasteiger partial charge in [0.25, 0.3) is 5.91 Å². The summed E-state index contributed by atoms with van der Waals surface area (Å²) in [6.45, 7) is 1.11. The van der Waals surface area contributed by atoms with E-state index >= 15 is 0 Å². The second-order valence-electron chi connectivity index (χ2n) is 5.80. The first kappa shape index (κ1) is 15.0. The number of fused-ring (bicyclic) bond motifs is 1. The van der Waals surface area contributed by atoms with Crippen molar-refractivity contribution in [1.29, 1.82) is 0 Å². The summed E-state index contributed by atoms with van der Waals surface area (Å²) in [6.07, 6.45) is 5.22. The Kier molecular flexibility index (Phi) is 4.43. The molecule has 22 heavy (non-hydrogen) atoms. The van der Waals surface area contributed by atoms with Crippen LogP contribution in [0.4, 0.5) is 4.39 Å². The summed E-state index contributed by atoms with van der Waals surface area (Å²) in [5.74, 6) is 0.237. The number of carbonyl (C=O) groups excluding carboxylic acids is 1. The first-order valence-electron chi connectivity index (χ1n) is 7.74. The van der Waals surface area contributed by atoms with Crippen molar-refractivity contribution in [1.82, 2.24) is 4.90 Å². The van der Waals surface area contributed by atoms with Gasteiger partial charge in [-0.2, -0.15) is 0 Å². The maximum absolute atomic E-state index is 13.3. The molecule has 0 aromatic heterocycles. The van der Waals surface area contributed by atoms with E-state index in [4.69, 9.17) is 9.84 Å². The van der Waals surface area contributed by atoms with Gasteiger partial charge in [-0.05, 0) is 50.0 Å². The van der Waals surface area contributed by atoms with Gasteiger partial charge in [-0.1, -0.05) is 0 Å². The van der Waals surface area contributed by atoms with Gasteiger partial charge in [0.2, 0.25) is 0 Å². The number of likely N-dealkylation sites (tertiary alicyclic amines) is 1. The van der Waals surface area contributed by atoms with Crippen molar-refractivity contribution in [2.24, 2.45) is 0 Å². The highest BCUT2D eigenvalue weighted by atomic mass is 19.1. The van der Waals surface area contributed by atoms with Gasteiger partial charge in [0.1, 0.15) is 18.2 Å². The Balaban J connectivity index is 1.77. The van der Waals surface area contributed by atoms with Gasteiger partial charge in [-0.15, -0.1) is 0 Å². The van der Waals surface area contributed by atoms with Crippen molar-refractivity contribution in [3.63, 3.8) is 0 Å². The van der Waals surface area contributed by atoms with Gasteiger partial charge in [-0.3, -0.25) is 4.79 Å². The Bertz CT molecular complexity index is 600. The number of carbonyl (C=O) groups is 1. The first-order chi connectivity index (χ1) is 10.7. The molecule has 4 nitrogen and oxygen atoms in total. The van der Waals surface area contributed by atoms with Crippen LogP contribution in [0.1, 0.15) is 31.2 Å². The van der Waals surface area contributed by atoms with E-state index in [0.29, 0.717) is 23.3 Å². The average Bonchev–Trinajstić information content (AvgIpc) is 2.99. The summed E-state index contributed by atoms with van der Waals surface area (Å²) in [6, 6.07) is 4.51. The van der Waals surface area contributed by atoms with Crippen molar-refractivity contribution in [2.75, 3.05) is 19.8 Å². The molecule has 3 rings (SSSR count). The number of ether oxygens (including phenoxy) is 1. The van der Waals surface area contributed by atoms with Gasteiger partial charge in [0.05, 0.1) is 5.57 Å². The highest BCUT2D eigenvalue weighted by molar-refractivity contribution is 5.99. The number of aliphatic hydroxyl groups is 1. The van der Waals surface area contributed by atoms with Crippen LogP contribution in [0.15, 0.2) is 23.8 Å². The molecule has 0 radical (unpaired) electrons. The van der Waals surface area contributed by atoms with Crippen molar-refractivity contribution < 1.29 is 19.0 Å². The van der Waals surface area contributed by atoms with Gasteiger partial charge < -0.3 is 14.7 Å². The zero-order valence-corrected chi connectivity index (χ0v) is 12.4. The maximum Gasteiger partial charge on any atom is 0.253 e. The van der Waals surface area contributed by atoms with Crippen LogP contribution in [-0.4, -0.2) is 41.7 Å². The van der Waals surface area contributed by atoms with Crippen LogP contribution in [0.25, 0.3) is 6.08 Å². The lowest BCUT2D eigenvalue weighted by Gasteiger charge is -2.27. The Morgan fingerprint density at radius 1 is 1.45 bits per heavy atom. The number of benzene rings is 1. The molecule has 1 aromatic rings. The van der Waals surface area contributed by atoms with E-state index in [0.717, 1.165) is 25.8 Å². The summed E-state index contributed by atoms with van der Waals surface area (Å²) < 4.78 is 18.9. The topological polar surface area (TPSA) is 49.8 Å². The Hall–Kier alpha value is -1.88. The molecule has 0 bridgehead atoms. The third-order valence-corrected chi connectivity index (χ3v) is 4.29. The fourth-order valence-corrected chi connectivity index (χ4v) is 3.19. The lowest BCUT2D eigenvalue weighted by atomic mass is 10.0. The third-order valence-electron chi connectivity index (χ3n) is 4.29. The van der Waals surface area contributed by atoms with E-state index in [1.54, 1.807) is 12.1 Å². The number of rotatable bonds is 4. The van der Waals surface area contributed by atoms with Crippen molar-refractivity contribution in [3.8, 4) is 5.75 Å². The highest BCUT2D eigenvalue weighted by Gasteiger charge is 2.31. The molecule has 1 aromatic carbocycles. The van der Waals surface area contributed by atoms with E-state index in [2.05, 4.69) is 0 Å². The second-order valence-corrected chi connectivity index (χ2v) is 5.80. The summed E-state index contributed by atoms with van der Waals surface area (Å²) >= 11 is 0. The highest BCUT2D eigenvalue weighted by Crippen LogP contribution is 2.29. The quantitative estimate of drug-likeness (QED) is 0.929. The standard InChI is InChI=1S/C17H20FNO3/c18-14-5-6-16-12(10-14)9-13(11-22-16)17(21)19-7-1-3-15(19)4-2-8-20/h5-6,9-10,15,20H,1-4,7-8,11H2. The zero-order valence-electron chi connectivity index (χ0n) is 12.4. The number of aliphatic hydroxyl groups excluding tert-OH is 1. The third kappa shape index (κ3) is 2.99. The largest absolute Gasteiger partial charge is 0.488 e. The fraction of sp³-hybridized carbons (Fsp3) is 0.471. The monoisotopic (exact) mass is 305 g/mol. The SMILES string of the molecule is O=C(C1=Cc2cc(F)ccc2OC1)N1CCCC1CCCO. The van der Waals surface area contributed by atoms with E-state index in [9.17, 15) is 9.18 Å². The number of hydrogen-bond acceptors (Lipinski definition) is 3. The molecule has 0 spiro atoms. The minimum Gasteiger partial charge on any atom is -0.488 e. The van der Waals surface area contributed by atoms with Crippen LogP contribution in [0.5, 0.6) is 5.75 Å². The first-order valence-corrected chi connectivity index (χ1v) is 7.74. The van der Waals surface area contributed by atoms with E-state index < -0.39 is 0 Å². The van der Waals surface area contributed by atoms with Gasteiger partial charge in [-0.25, -0.2) is 4.39 Å². The zero-order chi connectivity index (χ0) is 15.5. The van der Waals surface area contributed by atoms with Crippen LogP contribution >= 0.6 is 0 Å². The van der Waals surface area contributed by atoms with Crippen molar-refractivity contribution >= 4 is 12.0 Å². The van der Waals surface area contributed by atoms with Crippen LogP contribution in [0, 0.1) is 5.82 Å². The van der Waals surface area contributed by atoms with Gasteiger partial charge >= 0.3 is 0 Å². The predicted octanol–water partition coefficient (Wildman–Crippen LogP) is 2.37. The lowest BCUT2D eigenvalue weighted by molar-refractivity contribution is -0.128. The molecule has 1 amide bonds. The predicted molar refractivity (Wildman–Crippen MR) is 80.9 cm³/mol. The summed E-state index contributed by atoms with van der Waals surface area (Å²) in [4.78, 5) is 14.6. The van der Waals surface area contributed by atoms with E-state index in [1.807, 2.05) is 4.90 Å². The minimum absolute atomic E-state index is 0.0321. The average molecular weight is 305 g/mol. The smallest absolute Gasteiger partial charge is 0.253 e. The molecule has 1 unspecified atom stereocenters. The number of hydrogen-bond donors (Lipinski definition) is 1. The molecule has 0 aliphatic carbocycles. The molecule has 118 valence electrons. The number of nitrogens with zero attached hydrogens (tertiary/aromatic N) is 1. The Morgan fingerprint density at radius 2 is 2.32 bits per heavy atom. The van der Waals surface area contributed by atoms with Gasteiger partial charge in [0, 0.05) is 24.8 Å². The molecule has 1 N–H and O–H groups in total. The van der Waals surface area contributed by atoms with Crippen LogP contribution in [0.3, 0.4) is 0 Å². The van der Waals surface area contributed by atoms with Crippen LogP contribution in [-0.2, 0) is 4.79 Å². The summed E-state index contributed by atoms with van der Waals surface area (Å²) in [5, 5.41) is 8.97. The van der Waals surface area contributed by atoms with Crippen molar-refractivity contribution in [3.05, 3.63) is 35.2 Å². The van der Waals surface area contributed by atoms with Gasteiger partial charge in [0.15, 0.2) is 0 Å². The van der Waals surface area contributed by atoms with E-state index in [1.165, 1.54) is 12.1 Å². The minimum atomic E-state index is -0.339. The molecule has 2 aliphatic rings. The van der Waals surface area contributed by atoms with Crippen molar-refractivity contribution in [2.45, 2.75) is 31.7 Å². The number of halogens is 1. The molecule has 0 saturated carbocycles. The normalized spacial score (nSPS) is 20.4. The summed E-state index contributed by atoms with van der Waals surface area (Å²) in [5.41, 5.74) is 1.18. The fourth-order valence-electron chi connectivity index (χ4n) is 3.19. The Morgan fingerprint density at radius 3 is 3.14 bits per heavy atom. The molecule has 2 heterocycles. The van der Waals surface area contributed by atoms with Crippen LogP contribution in [0.2, 0.25) is 0 Å². The summed E-state index contributed by atoms with van der Waals surface area (Å²) in [7, 11) is 0. The lowest BCUT2D eigenvalue weighted by Crippen LogP contribution is -2.38. The second kappa shape index (κ2) is 6.48. The molecule has 1 atom stereocenters. The Labute approximate surface area is 129 Å². The maximum atomic E-state index is 13.3. The molecule has 2 aliphatic heterocycles. The molecular formula is C17H20FNO3.